The SMILES string of the molecule is CCOCC(Nc1ccccc1[N+](=O)[O-])C(C)C. The Hall–Kier alpha value is -1.62. The van der Waals surface area contributed by atoms with E-state index >= 15 is 0 Å². The van der Waals surface area contributed by atoms with Gasteiger partial charge in [0.15, 0.2) is 0 Å². The molecule has 0 fully saturated rings. The van der Waals surface area contributed by atoms with Crippen LogP contribution in [0.1, 0.15) is 20.8 Å². The third-order valence-corrected chi connectivity index (χ3v) is 2.75. The third kappa shape index (κ3) is 4.00. The fraction of sp³-hybridized carbons (Fsp3) is 0.538. The van der Waals surface area contributed by atoms with Crippen LogP contribution in [0.2, 0.25) is 0 Å². The maximum Gasteiger partial charge on any atom is 0.292 e. The molecule has 1 N–H and O–H groups in total. The van der Waals surface area contributed by atoms with Gasteiger partial charge in [0.1, 0.15) is 5.69 Å². The van der Waals surface area contributed by atoms with Crippen molar-refractivity contribution in [2.24, 2.45) is 5.92 Å². The lowest BCUT2D eigenvalue weighted by atomic mass is 10.0. The standard InChI is InChI=1S/C13H20N2O3/c1-4-18-9-12(10(2)3)14-11-7-5-6-8-13(11)15(16)17/h5-8,10,12,14H,4,9H2,1-3H3. The Morgan fingerprint density at radius 2 is 2.06 bits per heavy atom. The van der Waals surface area contributed by atoms with Crippen LogP contribution >= 0.6 is 0 Å². The monoisotopic (exact) mass is 252 g/mol. The highest BCUT2D eigenvalue weighted by Crippen LogP contribution is 2.25. The minimum absolute atomic E-state index is 0.0612. The Kier molecular flexibility index (Phi) is 5.58. The molecule has 0 radical (unpaired) electrons. The van der Waals surface area contributed by atoms with E-state index in [-0.39, 0.29) is 16.7 Å². The lowest BCUT2D eigenvalue weighted by molar-refractivity contribution is -0.384. The summed E-state index contributed by atoms with van der Waals surface area (Å²) in [5, 5.41) is 14.1. The summed E-state index contributed by atoms with van der Waals surface area (Å²) in [6, 6.07) is 6.73. The van der Waals surface area contributed by atoms with Crippen LogP contribution in [-0.2, 0) is 4.74 Å². The molecule has 1 aromatic carbocycles. The molecule has 0 saturated heterocycles. The van der Waals surface area contributed by atoms with Crippen molar-refractivity contribution in [3.05, 3.63) is 34.4 Å². The largest absolute Gasteiger partial charge is 0.380 e. The molecule has 0 aliphatic rings. The molecule has 1 aromatic rings. The fourth-order valence-electron chi connectivity index (χ4n) is 1.60. The Balaban J connectivity index is 2.83. The average molecular weight is 252 g/mol. The second-order valence-electron chi connectivity index (χ2n) is 4.43. The summed E-state index contributed by atoms with van der Waals surface area (Å²) in [4.78, 5) is 10.5. The zero-order valence-corrected chi connectivity index (χ0v) is 11.1. The van der Waals surface area contributed by atoms with Gasteiger partial charge in [-0.05, 0) is 18.9 Å². The topological polar surface area (TPSA) is 64.4 Å². The third-order valence-electron chi connectivity index (χ3n) is 2.75. The highest BCUT2D eigenvalue weighted by Gasteiger charge is 2.18. The van der Waals surface area contributed by atoms with Gasteiger partial charge in [-0.15, -0.1) is 0 Å². The molecule has 1 rings (SSSR count). The molecule has 18 heavy (non-hydrogen) atoms. The van der Waals surface area contributed by atoms with Gasteiger partial charge in [0, 0.05) is 12.7 Å². The van der Waals surface area contributed by atoms with Gasteiger partial charge < -0.3 is 10.1 Å². The van der Waals surface area contributed by atoms with E-state index in [0.717, 1.165) is 0 Å². The van der Waals surface area contributed by atoms with Crippen molar-refractivity contribution in [3.63, 3.8) is 0 Å². The van der Waals surface area contributed by atoms with Crippen LogP contribution in [0.15, 0.2) is 24.3 Å². The summed E-state index contributed by atoms with van der Waals surface area (Å²) in [6.45, 7) is 7.24. The molecule has 5 heteroatoms. The van der Waals surface area contributed by atoms with Gasteiger partial charge in [0.05, 0.1) is 17.6 Å². The Labute approximate surface area is 107 Å². The van der Waals surface area contributed by atoms with Crippen molar-refractivity contribution in [1.29, 1.82) is 0 Å². The molecule has 100 valence electrons. The van der Waals surface area contributed by atoms with Crippen molar-refractivity contribution in [2.45, 2.75) is 26.8 Å². The van der Waals surface area contributed by atoms with Crippen LogP contribution in [0.4, 0.5) is 11.4 Å². The number of nitrogens with one attached hydrogen (secondary N) is 1. The first-order chi connectivity index (χ1) is 8.56. The average Bonchev–Trinajstić information content (AvgIpc) is 2.34. The summed E-state index contributed by atoms with van der Waals surface area (Å²) in [7, 11) is 0. The first-order valence-electron chi connectivity index (χ1n) is 6.14. The van der Waals surface area contributed by atoms with Crippen molar-refractivity contribution in [2.75, 3.05) is 18.5 Å². The quantitative estimate of drug-likeness (QED) is 0.598. The van der Waals surface area contributed by atoms with E-state index in [1.54, 1.807) is 18.2 Å². The second-order valence-corrected chi connectivity index (χ2v) is 4.43. The molecular formula is C13H20N2O3. The summed E-state index contributed by atoms with van der Waals surface area (Å²) in [6.07, 6.45) is 0. The summed E-state index contributed by atoms with van der Waals surface area (Å²) in [5.41, 5.74) is 0.639. The van der Waals surface area contributed by atoms with Crippen molar-refractivity contribution >= 4 is 11.4 Å². The smallest absolute Gasteiger partial charge is 0.292 e. The van der Waals surface area contributed by atoms with Crippen LogP contribution < -0.4 is 5.32 Å². The van der Waals surface area contributed by atoms with Crippen LogP contribution in [0.3, 0.4) is 0 Å². The molecule has 1 atom stereocenters. The number of hydrogen-bond acceptors (Lipinski definition) is 4. The van der Waals surface area contributed by atoms with E-state index in [1.165, 1.54) is 6.07 Å². The Morgan fingerprint density at radius 1 is 1.39 bits per heavy atom. The number of hydrogen-bond donors (Lipinski definition) is 1. The van der Waals surface area contributed by atoms with Gasteiger partial charge >= 0.3 is 0 Å². The highest BCUT2D eigenvalue weighted by molar-refractivity contribution is 5.61. The van der Waals surface area contributed by atoms with Gasteiger partial charge in [0.2, 0.25) is 0 Å². The number of nitro groups is 1. The highest BCUT2D eigenvalue weighted by atomic mass is 16.6. The van der Waals surface area contributed by atoms with Crippen molar-refractivity contribution in [3.8, 4) is 0 Å². The van der Waals surface area contributed by atoms with Crippen molar-refractivity contribution < 1.29 is 9.66 Å². The molecule has 0 aromatic heterocycles. The first-order valence-corrected chi connectivity index (χ1v) is 6.14. The summed E-state index contributed by atoms with van der Waals surface area (Å²) in [5.74, 6) is 0.330. The minimum Gasteiger partial charge on any atom is -0.380 e. The molecule has 0 spiro atoms. The molecule has 0 aliphatic carbocycles. The van der Waals surface area contributed by atoms with Gasteiger partial charge in [-0.3, -0.25) is 10.1 Å². The van der Waals surface area contributed by atoms with Gasteiger partial charge in [-0.1, -0.05) is 26.0 Å². The van der Waals surface area contributed by atoms with Crippen LogP contribution in [-0.4, -0.2) is 24.2 Å². The molecule has 0 saturated carbocycles. The number of nitro benzene ring substituents is 1. The number of benzene rings is 1. The van der Waals surface area contributed by atoms with Gasteiger partial charge in [0.25, 0.3) is 5.69 Å². The predicted molar refractivity (Wildman–Crippen MR) is 71.8 cm³/mol. The van der Waals surface area contributed by atoms with Gasteiger partial charge in [-0.2, -0.15) is 0 Å². The lowest BCUT2D eigenvalue weighted by Crippen LogP contribution is -2.31. The zero-order chi connectivity index (χ0) is 13.5. The molecule has 5 nitrogen and oxygen atoms in total. The number of rotatable bonds is 7. The number of para-hydroxylation sites is 2. The van der Waals surface area contributed by atoms with E-state index in [0.29, 0.717) is 24.8 Å². The number of nitrogens with zero attached hydrogens (tertiary/aromatic N) is 1. The summed E-state index contributed by atoms with van der Waals surface area (Å²) >= 11 is 0. The Bertz CT molecular complexity index is 394. The van der Waals surface area contributed by atoms with E-state index in [4.69, 9.17) is 4.74 Å². The first kappa shape index (κ1) is 14.4. The molecule has 0 heterocycles. The van der Waals surface area contributed by atoms with Crippen LogP contribution in [0, 0.1) is 16.0 Å². The fourth-order valence-corrected chi connectivity index (χ4v) is 1.60. The number of anilines is 1. The maximum atomic E-state index is 10.9. The molecule has 0 bridgehead atoms. The van der Waals surface area contributed by atoms with Gasteiger partial charge in [-0.25, -0.2) is 0 Å². The number of ether oxygens (including phenoxy) is 1. The molecular weight excluding hydrogens is 232 g/mol. The van der Waals surface area contributed by atoms with E-state index in [9.17, 15) is 10.1 Å². The zero-order valence-electron chi connectivity index (χ0n) is 11.1. The Morgan fingerprint density at radius 3 is 2.61 bits per heavy atom. The van der Waals surface area contributed by atoms with E-state index in [1.807, 2.05) is 6.92 Å². The molecule has 0 aliphatic heterocycles. The van der Waals surface area contributed by atoms with Crippen LogP contribution in [0.25, 0.3) is 0 Å². The maximum absolute atomic E-state index is 10.9. The van der Waals surface area contributed by atoms with Crippen LogP contribution in [0.5, 0.6) is 0 Å². The summed E-state index contributed by atoms with van der Waals surface area (Å²) < 4.78 is 5.40. The lowest BCUT2D eigenvalue weighted by Gasteiger charge is -2.23. The minimum atomic E-state index is -0.375. The van der Waals surface area contributed by atoms with Crippen molar-refractivity contribution in [1.82, 2.24) is 0 Å². The van der Waals surface area contributed by atoms with E-state index in [2.05, 4.69) is 19.2 Å². The predicted octanol–water partition coefficient (Wildman–Crippen LogP) is 3.07. The second kappa shape index (κ2) is 6.96. The normalized spacial score (nSPS) is 12.4. The molecule has 0 amide bonds. The van der Waals surface area contributed by atoms with E-state index < -0.39 is 0 Å². The molecule has 1 unspecified atom stereocenters.